The number of hydrogen-bond acceptors (Lipinski definition) is 11. The van der Waals surface area contributed by atoms with Crippen LogP contribution >= 0.6 is 0 Å². The second-order valence-corrected chi connectivity index (χ2v) is 13.3. The zero-order valence-corrected chi connectivity index (χ0v) is 49.7. The van der Waals surface area contributed by atoms with E-state index in [0.717, 1.165) is 47.6 Å². The number of halogens is 1. The third-order valence-corrected chi connectivity index (χ3v) is 8.87. The van der Waals surface area contributed by atoms with Crippen LogP contribution in [0.4, 0.5) is 10.1 Å². The Morgan fingerprint density at radius 1 is 0.657 bits per heavy atom. The average Bonchev–Trinajstić information content (AvgIpc) is 3.36. The van der Waals surface area contributed by atoms with Crippen molar-refractivity contribution < 1.29 is 165 Å². The summed E-state index contributed by atoms with van der Waals surface area (Å²) in [7, 11) is 0. The molecule has 18 heteroatoms. The Morgan fingerprint density at radius 2 is 1.09 bits per heavy atom. The molecule has 0 atom stereocenters. The Kier molecular flexibility index (Phi) is 32.3. The van der Waals surface area contributed by atoms with Gasteiger partial charge in [-0.15, -0.1) is 0 Å². The molecule has 4 heterocycles. The first-order chi connectivity index (χ1) is 31.6. The maximum absolute atomic E-state index is 12.1. The van der Waals surface area contributed by atoms with Crippen LogP contribution in [0.25, 0.3) is 11.4 Å². The number of nitrogens with zero attached hydrogens (tertiary/aromatic N) is 5. The summed E-state index contributed by atoms with van der Waals surface area (Å²) in [6, 6.07) is 46.8. The number of aromatic amines is 1. The van der Waals surface area contributed by atoms with Crippen LogP contribution < -0.4 is 176 Å². The smallest absolute Gasteiger partial charge is 1.00 e. The average molecular weight is 1150 g/mol. The standard InChI is InChI=1S/C12H16N2O.C12H12N2O.C12H8N2O.C7H4FN.C5H5NO.CH2O3.2Cs.H2.H/c3*13-9-10-4-6-11(7-5-10)14-8-2-1-3-12(14)15;8-7-3-1-6(5-9)2-4-7;7-5-3-1-2-4-6-5;2-1-4-3;;;;/h4-7H,1-3,8-9,13H2;1-8H,9,13H2;1-8H;1-4H;1-4H,(H,6,7);1,3H;;;1H;/q;;;;;;2*+1;;-1/p-1. The van der Waals surface area contributed by atoms with Gasteiger partial charge in [0.25, 0.3) is 17.6 Å². The van der Waals surface area contributed by atoms with E-state index < -0.39 is 0 Å². The van der Waals surface area contributed by atoms with E-state index in [0.29, 0.717) is 30.6 Å². The van der Waals surface area contributed by atoms with E-state index in [2.05, 4.69) is 9.87 Å². The fraction of sp³-hybridized carbons (Fsp3) is 0.122. The Labute approximate surface area is 507 Å². The number of nitriles is 2. The fourth-order valence-electron chi connectivity index (χ4n) is 5.56. The normalized spacial score (nSPS) is 10.5. The number of H-pyrrole nitrogens is 1. The minimum atomic E-state index is -0.311. The number of anilines is 1. The maximum atomic E-state index is 12.1. The molecule has 336 valence electrons. The number of benzene rings is 4. The molecule has 1 aliphatic rings. The molecule has 8 rings (SSSR count). The van der Waals surface area contributed by atoms with Gasteiger partial charge in [0.05, 0.1) is 23.3 Å². The molecule has 5 N–H and O–H groups in total. The molecule has 7 aromatic rings. The van der Waals surface area contributed by atoms with Crippen LogP contribution in [0.5, 0.6) is 0 Å². The van der Waals surface area contributed by atoms with Gasteiger partial charge in [0.15, 0.2) is 0 Å². The molecular weight excluding hydrogens is 1100 g/mol. The molecule has 0 radical (unpaired) electrons. The number of hydrogen-bond donors (Lipinski definition) is 3. The van der Waals surface area contributed by atoms with Crippen LogP contribution in [-0.4, -0.2) is 33.0 Å². The molecule has 0 aliphatic carbocycles. The fourth-order valence-corrected chi connectivity index (χ4v) is 5.56. The summed E-state index contributed by atoms with van der Waals surface area (Å²) in [5, 5.41) is 25.3. The third-order valence-electron chi connectivity index (χ3n) is 8.87. The van der Waals surface area contributed by atoms with Gasteiger partial charge >= 0.3 is 138 Å². The molecule has 15 nitrogen and oxygen atoms in total. The number of aromatic nitrogens is 3. The summed E-state index contributed by atoms with van der Waals surface area (Å²) < 4.78 is 15.2. The topological polar surface area (TPSA) is 246 Å². The van der Waals surface area contributed by atoms with Crippen LogP contribution in [0.15, 0.2) is 185 Å². The molecule has 4 aromatic carbocycles. The molecule has 0 unspecified atom stereocenters. The molecule has 1 fully saturated rings. The van der Waals surface area contributed by atoms with Crippen molar-refractivity contribution in [1.29, 1.82) is 10.5 Å². The van der Waals surface area contributed by atoms with E-state index in [1.165, 1.54) is 47.0 Å². The molecule has 0 saturated carbocycles. The van der Waals surface area contributed by atoms with Crippen molar-refractivity contribution in [3.05, 3.63) is 229 Å². The summed E-state index contributed by atoms with van der Waals surface area (Å²) >= 11 is 0. The van der Waals surface area contributed by atoms with E-state index >= 15 is 0 Å². The van der Waals surface area contributed by atoms with Crippen molar-refractivity contribution in [2.24, 2.45) is 11.5 Å². The Morgan fingerprint density at radius 3 is 1.45 bits per heavy atom. The molecule has 67 heavy (non-hydrogen) atoms. The van der Waals surface area contributed by atoms with Crippen molar-refractivity contribution in [2.45, 2.75) is 32.4 Å². The molecular formula is C49H49Cs2FN8O7. The number of carbonyl (C=O) groups is 2. The largest absolute Gasteiger partial charge is 1.00 e. The van der Waals surface area contributed by atoms with E-state index in [9.17, 15) is 23.6 Å². The van der Waals surface area contributed by atoms with Gasteiger partial charge in [0, 0.05) is 81.3 Å². The summed E-state index contributed by atoms with van der Waals surface area (Å²) in [6.07, 6.45) is 7.85. The summed E-state index contributed by atoms with van der Waals surface area (Å²) in [4.78, 5) is 60.4. The van der Waals surface area contributed by atoms with Gasteiger partial charge in [0.2, 0.25) is 11.5 Å². The van der Waals surface area contributed by atoms with Gasteiger partial charge in [0.1, 0.15) is 5.82 Å². The quantitative estimate of drug-likeness (QED) is 0.109. The zero-order valence-electron chi connectivity index (χ0n) is 38.1. The number of carbonyl (C=O) groups excluding carboxylic acids is 2. The van der Waals surface area contributed by atoms with Crippen LogP contribution in [0, 0.1) is 28.5 Å². The van der Waals surface area contributed by atoms with E-state index in [1.807, 2.05) is 71.6 Å². The predicted octanol–water partition coefficient (Wildman–Crippen LogP) is -0.459. The molecule has 3 aromatic heterocycles. The Hall–Kier alpha value is -4.44. The van der Waals surface area contributed by atoms with Crippen molar-refractivity contribution in [1.82, 2.24) is 14.1 Å². The number of rotatable bonds is 6. The Balaban J connectivity index is 0. The third kappa shape index (κ3) is 22.9. The SMILES string of the molecule is N#Cc1ccc(-n2ccccc2=O)cc1.N#Cc1ccc(F)cc1.NCc1ccc(-n2ccccc2=O)cc1.NCc1ccc(N2CCCCC2=O)cc1.O=CO[O-].O=c1cccc[nH]1.[Cs+].[Cs+].[H-].[HH]. The molecule has 1 saturated heterocycles. The van der Waals surface area contributed by atoms with Crippen LogP contribution in [0.2, 0.25) is 0 Å². The van der Waals surface area contributed by atoms with Crippen molar-refractivity contribution >= 4 is 18.1 Å². The predicted molar refractivity (Wildman–Crippen MR) is 246 cm³/mol. The number of pyridine rings is 3. The van der Waals surface area contributed by atoms with Gasteiger partial charge in [-0.25, -0.2) is 4.39 Å². The summed E-state index contributed by atoms with van der Waals surface area (Å²) in [6.45, 7) is 1.74. The summed E-state index contributed by atoms with van der Waals surface area (Å²) in [5.74, 6) is -0.0734. The van der Waals surface area contributed by atoms with Gasteiger partial charge in [-0.05, 0) is 115 Å². The van der Waals surface area contributed by atoms with Crippen LogP contribution in [-0.2, 0) is 27.6 Å². The van der Waals surface area contributed by atoms with E-state index in [4.69, 9.17) is 32.0 Å². The van der Waals surface area contributed by atoms with Gasteiger partial charge in [-0.1, -0.05) is 42.5 Å². The van der Waals surface area contributed by atoms with Crippen molar-refractivity contribution in [3.63, 3.8) is 0 Å². The van der Waals surface area contributed by atoms with Crippen LogP contribution in [0.3, 0.4) is 0 Å². The first kappa shape index (κ1) is 60.6. The van der Waals surface area contributed by atoms with Crippen molar-refractivity contribution in [2.75, 3.05) is 11.4 Å². The monoisotopic (exact) mass is 1150 g/mol. The molecule has 0 bridgehead atoms. The van der Waals surface area contributed by atoms with Gasteiger partial charge in [-0.3, -0.25) is 33.1 Å². The number of piperidine rings is 1. The number of nitrogens with two attached hydrogens (primary N) is 2. The van der Waals surface area contributed by atoms with Crippen LogP contribution in [0.1, 0.15) is 44.4 Å². The van der Waals surface area contributed by atoms with Gasteiger partial charge < -0.3 is 32.9 Å². The number of nitrogens with one attached hydrogen (secondary N) is 1. The number of amides is 1. The minimum absolute atomic E-state index is 0. The summed E-state index contributed by atoms with van der Waals surface area (Å²) in [5.41, 5.74) is 16.7. The Bertz CT molecular complexity index is 2770. The molecule has 1 amide bonds. The van der Waals surface area contributed by atoms with E-state index in [1.54, 1.807) is 77.8 Å². The molecule has 1 aliphatic heterocycles. The van der Waals surface area contributed by atoms with E-state index in [-0.39, 0.29) is 176 Å². The molecule has 0 spiro atoms. The first-order valence-corrected chi connectivity index (χ1v) is 19.8. The zero-order chi connectivity index (χ0) is 47.2. The minimum Gasteiger partial charge on any atom is -1.00 e. The second-order valence-electron chi connectivity index (χ2n) is 13.3. The maximum Gasteiger partial charge on any atom is 1.00 e. The van der Waals surface area contributed by atoms with Crippen molar-refractivity contribution in [3.8, 4) is 23.5 Å². The second kappa shape index (κ2) is 35.7. The van der Waals surface area contributed by atoms with Gasteiger partial charge in [-0.2, -0.15) is 10.5 Å². The first-order valence-electron chi connectivity index (χ1n) is 19.8.